The molecule has 0 radical (unpaired) electrons. The number of rotatable bonds is 3. The van der Waals surface area contributed by atoms with Gasteiger partial charge in [-0.3, -0.25) is 18.7 Å². The fourth-order valence-corrected chi connectivity index (χ4v) is 3.27. The molecule has 128 valence electrons. The first-order valence-corrected chi connectivity index (χ1v) is 8.16. The molecule has 1 aliphatic heterocycles. The van der Waals surface area contributed by atoms with Crippen molar-refractivity contribution in [3.8, 4) is 0 Å². The molecule has 1 aromatic heterocycles. The molecule has 7 nitrogen and oxygen atoms in total. The second kappa shape index (κ2) is 6.51. The number of carbonyl (C=O) groups excluding carboxylic acids is 2. The predicted molar refractivity (Wildman–Crippen MR) is 90.6 cm³/mol. The van der Waals surface area contributed by atoms with E-state index in [1.54, 1.807) is 23.4 Å². The first-order chi connectivity index (χ1) is 11.5. The van der Waals surface area contributed by atoms with E-state index in [2.05, 4.69) is 5.32 Å². The van der Waals surface area contributed by atoms with Crippen LogP contribution in [0.5, 0.6) is 0 Å². The van der Waals surface area contributed by atoms with Gasteiger partial charge in [-0.1, -0.05) is 12.1 Å². The molecule has 0 atom stereocenters. The number of benzene rings is 1. The third-order valence-corrected chi connectivity index (χ3v) is 4.66. The molecule has 2 heterocycles. The van der Waals surface area contributed by atoms with Gasteiger partial charge >= 0.3 is 5.69 Å². The zero-order valence-electron chi connectivity index (χ0n) is 14.0. The number of nitrogens with one attached hydrogen (secondary N) is 1. The Kier molecular flexibility index (Phi) is 4.42. The van der Waals surface area contributed by atoms with Crippen LogP contribution < -0.4 is 11.0 Å². The summed E-state index contributed by atoms with van der Waals surface area (Å²) in [6.45, 7) is 2.89. The zero-order chi connectivity index (χ0) is 17.3. The summed E-state index contributed by atoms with van der Waals surface area (Å²) in [6.07, 6.45) is 1.49. The Morgan fingerprint density at radius 2 is 1.79 bits per heavy atom. The number of carbonyl (C=O) groups is 2. The van der Waals surface area contributed by atoms with E-state index < -0.39 is 0 Å². The van der Waals surface area contributed by atoms with Gasteiger partial charge in [-0.25, -0.2) is 4.79 Å². The minimum Gasteiger partial charge on any atom is -0.352 e. The van der Waals surface area contributed by atoms with E-state index in [0.29, 0.717) is 13.1 Å². The summed E-state index contributed by atoms with van der Waals surface area (Å²) < 4.78 is 3.04. The molecule has 0 unspecified atom stereocenters. The second-order valence-corrected chi connectivity index (χ2v) is 6.26. The van der Waals surface area contributed by atoms with E-state index in [1.807, 2.05) is 24.3 Å². The Balaban J connectivity index is 1.67. The number of imidazole rings is 1. The fraction of sp³-hybridized carbons (Fsp3) is 0.471. The first kappa shape index (κ1) is 16.3. The highest BCUT2D eigenvalue weighted by Gasteiger charge is 2.22. The Morgan fingerprint density at radius 1 is 1.17 bits per heavy atom. The number of hydrogen-bond donors (Lipinski definition) is 1. The highest BCUT2D eigenvalue weighted by Crippen LogP contribution is 2.12. The molecule has 0 saturated carbocycles. The summed E-state index contributed by atoms with van der Waals surface area (Å²) in [4.78, 5) is 37.8. The summed E-state index contributed by atoms with van der Waals surface area (Å²) >= 11 is 0. The van der Waals surface area contributed by atoms with E-state index in [9.17, 15) is 14.4 Å². The average Bonchev–Trinajstić information content (AvgIpc) is 2.81. The zero-order valence-corrected chi connectivity index (χ0v) is 14.0. The summed E-state index contributed by atoms with van der Waals surface area (Å²) in [5.41, 5.74) is 1.37. The third kappa shape index (κ3) is 3.06. The minimum atomic E-state index is -0.197. The minimum absolute atomic E-state index is 0.00705. The largest absolute Gasteiger partial charge is 0.352 e. The van der Waals surface area contributed by atoms with Crippen LogP contribution in [0.1, 0.15) is 19.8 Å². The van der Waals surface area contributed by atoms with Crippen molar-refractivity contribution in [2.24, 2.45) is 7.05 Å². The molecule has 0 aliphatic carbocycles. The van der Waals surface area contributed by atoms with Crippen molar-refractivity contribution in [2.75, 3.05) is 13.1 Å². The highest BCUT2D eigenvalue weighted by atomic mass is 16.2. The van der Waals surface area contributed by atoms with Gasteiger partial charge in [0.05, 0.1) is 11.0 Å². The van der Waals surface area contributed by atoms with Crippen LogP contribution >= 0.6 is 0 Å². The van der Waals surface area contributed by atoms with Crippen LogP contribution in [-0.2, 0) is 23.2 Å². The van der Waals surface area contributed by atoms with Crippen molar-refractivity contribution in [3.05, 3.63) is 34.7 Å². The molecule has 1 fully saturated rings. The Morgan fingerprint density at radius 3 is 2.42 bits per heavy atom. The van der Waals surface area contributed by atoms with Gasteiger partial charge in [0.1, 0.15) is 6.54 Å². The van der Waals surface area contributed by atoms with Crippen molar-refractivity contribution in [2.45, 2.75) is 32.4 Å². The number of aryl methyl sites for hydroxylation is 1. The SMILES string of the molecule is CC(=O)N1CCC(NC(=O)Cn2c(=O)n(C)c3ccccc32)CC1. The van der Waals surface area contributed by atoms with Crippen molar-refractivity contribution in [1.82, 2.24) is 19.4 Å². The van der Waals surface area contributed by atoms with Gasteiger partial charge in [0.2, 0.25) is 11.8 Å². The molecule has 1 N–H and O–H groups in total. The van der Waals surface area contributed by atoms with Crippen molar-refractivity contribution >= 4 is 22.8 Å². The predicted octanol–water partition coefficient (Wildman–Crippen LogP) is 0.467. The van der Waals surface area contributed by atoms with Crippen molar-refractivity contribution in [3.63, 3.8) is 0 Å². The Bertz CT molecular complexity index is 828. The van der Waals surface area contributed by atoms with E-state index in [0.717, 1.165) is 23.9 Å². The lowest BCUT2D eigenvalue weighted by molar-refractivity contribution is -0.130. The van der Waals surface area contributed by atoms with E-state index in [4.69, 9.17) is 0 Å². The van der Waals surface area contributed by atoms with E-state index in [1.165, 1.54) is 4.57 Å². The maximum absolute atomic E-state index is 12.3. The van der Waals surface area contributed by atoms with Gasteiger partial charge < -0.3 is 10.2 Å². The molecular weight excluding hydrogens is 308 g/mol. The van der Waals surface area contributed by atoms with Crippen LogP contribution in [0.25, 0.3) is 11.0 Å². The average molecular weight is 330 g/mol. The summed E-state index contributed by atoms with van der Waals surface area (Å²) in [5.74, 6) is -0.100. The van der Waals surface area contributed by atoms with Crippen LogP contribution in [0.2, 0.25) is 0 Å². The molecule has 1 aliphatic rings. The molecule has 3 rings (SSSR count). The van der Waals surface area contributed by atoms with Gasteiger partial charge in [0.15, 0.2) is 0 Å². The van der Waals surface area contributed by atoms with Crippen molar-refractivity contribution < 1.29 is 9.59 Å². The van der Waals surface area contributed by atoms with E-state index in [-0.39, 0.29) is 30.1 Å². The lowest BCUT2D eigenvalue weighted by atomic mass is 10.1. The third-order valence-electron chi connectivity index (χ3n) is 4.66. The standard InChI is InChI=1S/C17H22N4O3/c1-12(22)20-9-7-13(8-10-20)18-16(23)11-21-15-6-4-3-5-14(15)19(2)17(21)24/h3-6,13H,7-11H2,1-2H3,(H,18,23). The number of fused-ring (bicyclic) bond motifs is 1. The monoisotopic (exact) mass is 330 g/mol. The van der Waals surface area contributed by atoms with Crippen LogP contribution in [0.15, 0.2) is 29.1 Å². The van der Waals surface area contributed by atoms with Gasteiger partial charge in [-0.15, -0.1) is 0 Å². The van der Waals surface area contributed by atoms with Crippen LogP contribution in [0.3, 0.4) is 0 Å². The number of piperidine rings is 1. The molecule has 24 heavy (non-hydrogen) atoms. The van der Waals surface area contributed by atoms with Crippen LogP contribution in [0, 0.1) is 0 Å². The first-order valence-electron chi connectivity index (χ1n) is 8.16. The smallest absolute Gasteiger partial charge is 0.329 e. The molecule has 2 amide bonds. The maximum atomic E-state index is 12.3. The Labute approximate surface area is 139 Å². The number of hydrogen-bond acceptors (Lipinski definition) is 3. The number of aromatic nitrogens is 2. The topological polar surface area (TPSA) is 76.3 Å². The summed E-state index contributed by atoms with van der Waals surface area (Å²) in [6, 6.07) is 7.49. The lowest BCUT2D eigenvalue weighted by Crippen LogP contribution is -2.47. The molecule has 2 aromatic rings. The molecule has 1 aromatic carbocycles. The van der Waals surface area contributed by atoms with Crippen molar-refractivity contribution in [1.29, 1.82) is 0 Å². The highest BCUT2D eigenvalue weighted by molar-refractivity contribution is 5.81. The number of para-hydroxylation sites is 2. The van der Waals surface area contributed by atoms with Gasteiger partial charge in [-0.05, 0) is 25.0 Å². The van der Waals surface area contributed by atoms with Crippen LogP contribution in [0.4, 0.5) is 0 Å². The number of likely N-dealkylation sites (tertiary alicyclic amines) is 1. The van der Waals surface area contributed by atoms with Gasteiger partial charge in [0.25, 0.3) is 0 Å². The number of nitrogens with zero attached hydrogens (tertiary/aromatic N) is 3. The Hall–Kier alpha value is -2.57. The summed E-state index contributed by atoms with van der Waals surface area (Å²) in [5, 5.41) is 2.98. The normalized spacial score (nSPS) is 15.7. The molecular formula is C17H22N4O3. The van der Waals surface area contributed by atoms with Gasteiger partial charge in [0, 0.05) is 33.1 Å². The van der Waals surface area contributed by atoms with Crippen LogP contribution in [-0.4, -0.2) is 45.0 Å². The molecule has 7 heteroatoms. The molecule has 1 saturated heterocycles. The maximum Gasteiger partial charge on any atom is 0.329 e. The van der Waals surface area contributed by atoms with Gasteiger partial charge in [-0.2, -0.15) is 0 Å². The van der Waals surface area contributed by atoms with E-state index >= 15 is 0 Å². The quantitative estimate of drug-likeness (QED) is 0.889. The number of amides is 2. The molecule has 0 spiro atoms. The second-order valence-electron chi connectivity index (χ2n) is 6.26. The fourth-order valence-electron chi connectivity index (χ4n) is 3.27. The lowest BCUT2D eigenvalue weighted by Gasteiger charge is -2.31. The summed E-state index contributed by atoms with van der Waals surface area (Å²) in [7, 11) is 1.70. The molecule has 0 bridgehead atoms.